The van der Waals surface area contributed by atoms with Crippen molar-refractivity contribution in [3.05, 3.63) is 0 Å². The molecule has 0 aromatic heterocycles. The number of nitrogens with zero attached hydrogens (tertiary/aromatic N) is 1. The Morgan fingerprint density at radius 1 is 0.667 bits per heavy atom. The van der Waals surface area contributed by atoms with E-state index in [4.69, 9.17) is 0 Å². The van der Waals surface area contributed by atoms with E-state index in [2.05, 4.69) is 23.5 Å². The third-order valence-electron chi connectivity index (χ3n) is 4.70. The summed E-state index contributed by atoms with van der Waals surface area (Å²) in [5, 5.41) is 4.45. The van der Waals surface area contributed by atoms with Crippen molar-refractivity contribution in [3.8, 4) is 0 Å². The molecule has 0 aliphatic rings. The van der Waals surface area contributed by atoms with E-state index in [-0.39, 0.29) is 0 Å². The van der Waals surface area contributed by atoms with E-state index in [0.717, 1.165) is 11.7 Å². The maximum absolute atomic E-state index is 4.19. The van der Waals surface area contributed by atoms with Crippen LogP contribution in [0, 0.1) is 0 Å². The smallest absolute Gasteiger partial charge is 0.155 e. The molecule has 0 heterocycles. The highest BCUT2D eigenvalue weighted by atomic mass is 32.2. The molecule has 3 heteroatoms. The molecule has 0 fully saturated rings. The predicted molar refractivity (Wildman–Crippen MR) is 114 cm³/mol. The van der Waals surface area contributed by atoms with Crippen LogP contribution in [-0.4, -0.2) is 25.0 Å². The normalized spacial score (nSPS) is 11.9. The van der Waals surface area contributed by atoms with E-state index in [1.165, 1.54) is 103 Å². The fraction of sp³-hybridized carbons (Fsp3) is 0.952. The molecule has 0 rings (SSSR count). The molecule has 0 aromatic carbocycles. The fourth-order valence-corrected chi connectivity index (χ4v) is 3.54. The van der Waals surface area contributed by atoms with E-state index in [0.29, 0.717) is 0 Å². The maximum atomic E-state index is 4.19. The van der Waals surface area contributed by atoms with E-state index in [1.54, 1.807) is 11.8 Å². The minimum absolute atomic E-state index is 1.07. The second kappa shape index (κ2) is 20.9. The second-order valence-electron chi connectivity index (χ2n) is 6.96. The standard InChI is InChI=1S/C21H44N2S/c1-4-5-6-7-8-9-10-11-12-13-14-15-16-17-18-19-20-23-21(22-2)24-3/h4-20H2,1-3H3,(H,22,23). The molecule has 0 atom stereocenters. The Labute approximate surface area is 157 Å². The van der Waals surface area contributed by atoms with Gasteiger partial charge < -0.3 is 5.32 Å². The summed E-state index contributed by atoms with van der Waals surface area (Å²) in [6.07, 6.45) is 24.9. The van der Waals surface area contributed by atoms with E-state index >= 15 is 0 Å². The first-order valence-electron chi connectivity index (χ1n) is 10.6. The van der Waals surface area contributed by atoms with Gasteiger partial charge in [-0.2, -0.15) is 0 Å². The number of rotatable bonds is 17. The summed E-state index contributed by atoms with van der Waals surface area (Å²) < 4.78 is 0. The van der Waals surface area contributed by atoms with Crippen LogP contribution in [0.15, 0.2) is 4.99 Å². The van der Waals surface area contributed by atoms with Gasteiger partial charge in [-0.25, -0.2) is 0 Å². The molecule has 0 aromatic rings. The van der Waals surface area contributed by atoms with Crippen molar-refractivity contribution in [1.29, 1.82) is 0 Å². The van der Waals surface area contributed by atoms with Crippen LogP contribution in [-0.2, 0) is 0 Å². The Balaban J connectivity index is 3.05. The quantitative estimate of drug-likeness (QED) is 0.169. The third kappa shape index (κ3) is 18.2. The topological polar surface area (TPSA) is 24.4 Å². The number of unbranched alkanes of at least 4 members (excludes halogenated alkanes) is 15. The fourth-order valence-electron chi connectivity index (χ4n) is 3.11. The predicted octanol–water partition coefficient (Wildman–Crippen LogP) is 7.19. The minimum atomic E-state index is 1.07. The van der Waals surface area contributed by atoms with Crippen LogP contribution in [0.1, 0.15) is 110 Å². The molecule has 24 heavy (non-hydrogen) atoms. The summed E-state index contributed by atoms with van der Waals surface area (Å²) in [7, 11) is 1.85. The van der Waals surface area contributed by atoms with Crippen LogP contribution in [0.2, 0.25) is 0 Å². The van der Waals surface area contributed by atoms with E-state index < -0.39 is 0 Å². The van der Waals surface area contributed by atoms with Crippen molar-refractivity contribution >= 4 is 16.9 Å². The largest absolute Gasteiger partial charge is 0.365 e. The van der Waals surface area contributed by atoms with Gasteiger partial charge in [0.15, 0.2) is 5.17 Å². The highest BCUT2D eigenvalue weighted by Gasteiger charge is 1.96. The maximum Gasteiger partial charge on any atom is 0.155 e. The zero-order valence-corrected chi connectivity index (χ0v) is 17.7. The van der Waals surface area contributed by atoms with Gasteiger partial charge in [-0.3, -0.25) is 4.99 Å². The molecule has 2 nitrogen and oxygen atoms in total. The van der Waals surface area contributed by atoms with Gasteiger partial charge in [-0.15, -0.1) is 0 Å². The van der Waals surface area contributed by atoms with Crippen molar-refractivity contribution in [2.24, 2.45) is 4.99 Å². The van der Waals surface area contributed by atoms with Gasteiger partial charge in [0, 0.05) is 13.6 Å². The summed E-state index contributed by atoms with van der Waals surface area (Å²) >= 11 is 1.70. The lowest BCUT2D eigenvalue weighted by Crippen LogP contribution is -2.21. The van der Waals surface area contributed by atoms with E-state index in [1.807, 2.05) is 7.05 Å². The highest BCUT2D eigenvalue weighted by molar-refractivity contribution is 8.13. The lowest BCUT2D eigenvalue weighted by Gasteiger charge is -2.06. The van der Waals surface area contributed by atoms with Crippen molar-refractivity contribution in [2.75, 3.05) is 19.8 Å². The molecule has 0 aliphatic heterocycles. The number of hydrogen-bond acceptors (Lipinski definition) is 2. The number of amidine groups is 1. The molecule has 1 N–H and O–H groups in total. The first kappa shape index (κ1) is 23.8. The molecule has 0 aliphatic carbocycles. The number of hydrogen-bond donors (Lipinski definition) is 1. The number of aliphatic imine (C=N–C) groups is 1. The van der Waals surface area contributed by atoms with Gasteiger partial charge in [0.05, 0.1) is 0 Å². The minimum Gasteiger partial charge on any atom is -0.365 e. The van der Waals surface area contributed by atoms with Gasteiger partial charge in [0.25, 0.3) is 0 Å². The molecule has 0 radical (unpaired) electrons. The summed E-state index contributed by atoms with van der Waals surface area (Å²) in [5.74, 6) is 0. The molecule has 0 saturated carbocycles. The van der Waals surface area contributed by atoms with Crippen LogP contribution in [0.25, 0.3) is 0 Å². The zero-order chi connectivity index (χ0) is 17.7. The lowest BCUT2D eigenvalue weighted by molar-refractivity contribution is 0.529. The first-order chi connectivity index (χ1) is 11.8. The molecule has 0 spiro atoms. The second-order valence-corrected chi connectivity index (χ2v) is 7.76. The van der Waals surface area contributed by atoms with Crippen molar-refractivity contribution in [2.45, 2.75) is 110 Å². The monoisotopic (exact) mass is 356 g/mol. The molecule has 0 amide bonds. The molecule has 0 bridgehead atoms. The van der Waals surface area contributed by atoms with Crippen molar-refractivity contribution in [1.82, 2.24) is 5.32 Å². The average Bonchev–Trinajstić information content (AvgIpc) is 2.61. The first-order valence-corrected chi connectivity index (χ1v) is 11.8. The molecule has 0 saturated heterocycles. The Morgan fingerprint density at radius 2 is 1.04 bits per heavy atom. The summed E-state index contributed by atoms with van der Waals surface area (Å²) in [5.41, 5.74) is 0. The van der Waals surface area contributed by atoms with Gasteiger partial charge in [-0.1, -0.05) is 115 Å². The van der Waals surface area contributed by atoms with Crippen LogP contribution in [0.3, 0.4) is 0 Å². The summed E-state index contributed by atoms with van der Waals surface area (Å²) in [6, 6.07) is 0. The molecule has 144 valence electrons. The van der Waals surface area contributed by atoms with Gasteiger partial charge in [0.2, 0.25) is 0 Å². The molecular formula is C21H44N2S. The van der Waals surface area contributed by atoms with Crippen LogP contribution in [0.4, 0.5) is 0 Å². The van der Waals surface area contributed by atoms with E-state index in [9.17, 15) is 0 Å². The van der Waals surface area contributed by atoms with Crippen LogP contribution in [0.5, 0.6) is 0 Å². The molecule has 0 unspecified atom stereocenters. The Hall–Kier alpha value is -0.180. The van der Waals surface area contributed by atoms with Crippen molar-refractivity contribution in [3.63, 3.8) is 0 Å². The van der Waals surface area contributed by atoms with Crippen molar-refractivity contribution < 1.29 is 0 Å². The molecular weight excluding hydrogens is 312 g/mol. The third-order valence-corrected chi connectivity index (χ3v) is 5.42. The number of thioether (sulfide) groups is 1. The average molecular weight is 357 g/mol. The lowest BCUT2D eigenvalue weighted by atomic mass is 10.0. The SMILES string of the molecule is CCCCCCCCCCCCCCCCCCNC(=NC)SC. The Kier molecular flexibility index (Phi) is 20.7. The highest BCUT2D eigenvalue weighted by Crippen LogP contribution is 2.13. The Bertz CT molecular complexity index is 267. The number of nitrogens with one attached hydrogen (secondary N) is 1. The zero-order valence-electron chi connectivity index (χ0n) is 16.9. The van der Waals surface area contributed by atoms with Gasteiger partial charge >= 0.3 is 0 Å². The van der Waals surface area contributed by atoms with Gasteiger partial charge in [-0.05, 0) is 12.7 Å². The van der Waals surface area contributed by atoms with Crippen LogP contribution < -0.4 is 5.32 Å². The summed E-state index contributed by atoms with van der Waals surface area (Å²) in [4.78, 5) is 4.19. The van der Waals surface area contributed by atoms with Crippen LogP contribution >= 0.6 is 11.8 Å². The Morgan fingerprint density at radius 3 is 1.38 bits per heavy atom. The summed E-state index contributed by atoms with van der Waals surface area (Å²) in [6.45, 7) is 3.37. The van der Waals surface area contributed by atoms with Gasteiger partial charge in [0.1, 0.15) is 0 Å².